The third-order valence-corrected chi connectivity index (χ3v) is 5.66. The van der Waals surface area contributed by atoms with Crippen LogP contribution in [-0.4, -0.2) is 49.6 Å². The summed E-state index contributed by atoms with van der Waals surface area (Å²) in [4.78, 5) is 24.7. The molecular weight excluding hydrogens is 358 g/mol. The van der Waals surface area contributed by atoms with E-state index in [1.165, 1.54) is 4.90 Å². The summed E-state index contributed by atoms with van der Waals surface area (Å²) >= 11 is 0. The largest absolute Gasteiger partial charge is 0.481 e. The summed E-state index contributed by atoms with van der Waals surface area (Å²) in [6.45, 7) is 4.28. The van der Waals surface area contributed by atoms with Gasteiger partial charge in [-0.3, -0.25) is 4.79 Å². The zero-order valence-corrected chi connectivity index (χ0v) is 15.8. The first-order valence-electron chi connectivity index (χ1n) is 8.50. The number of sulfonamides is 1. The van der Waals surface area contributed by atoms with Gasteiger partial charge in [-0.15, -0.1) is 0 Å². The molecule has 0 spiro atoms. The van der Waals surface area contributed by atoms with E-state index in [9.17, 15) is 18.0 Å². The monoisotopic (exact) mass is 383 g/mol. The zero-order chi connectivity index (χ0) is 19.3. The number of carbonyl (C=O) groups is 2. The average Bonchev–Trinajstić information content (AvgIpc) is 3.02. The van der Waals surface area contributed by atoms with E-state index in [1.54, 1.807) is 38.1 Å². The van der Waals surface area contributed by atoms with Gasteiger partial charge in [0.2, 0.25) is 10.0 Å². The van der Waals surface area contributed by atoms with Gasteiger partial charge < -0.3 is 15.3 Å². The fourth-order valence-corrected chi connectivity index (χ4v) is 4.40. The second kappa shape index (κ2) is 8.50. The van der Waals surface area contributed by atoms with Gasteiger partial charge in [-0.2, -0.15) is 0 Å². The predicted octanol–water partition coefficient (Wildman–Crippen LogP) is 1.13. The molecule has 1 aliphatic rings. The van der Waals surface area contributed by atoms with Gasteiger partial charge in [0.15, 0.2) is 0 Å². The summed E-state index contributed by atoms with van der Waals surface area (Å²) in [7, 11) is -3.47. The Bertz CT molecular complexity index is 763. The quantitative estimate of drug-likeness (QED) is 0.653. The maximum absolute atomic E-state index is 12.2. The van der Waals surface area contributed by atoms with Gasteiger partial charge in [0, 0.05) is 25.7 Å². The highest BCUT2D eigenvalue weighted by Crippen LogP contribution is 2.17. The fourth-order valence-electron chi connectivity index (χ4n) is 2.91. The molecule has 144 valence electrons. The molecule has 1 aromatic rings. The number of benzene rings is 1. The number of amides is 2. The van der Waals surface area contributed by atoms with Gasteiger partial charge in [0.05, 0.1) is 11.7 Å². The molecule has 0 saturated carbocycles. The first-order valence-corrected chi connectivity index (χ1v) is 10.2. The Morgan fingerprint density at radius 1 is 1.27 bits per heavy atom. The van der Waals surface area contributed by atoms with Crippen LogP contribution in [0.25, 0.3) is 0 Å². The number of carboxylic acid groups (broad SMARTS) is 1. The molecule has 1 aromatic carbocycles. The highest BCUT2D eigenvalue weighted by atomic mass is 32.2. The molecule has 0 radical (unpaired) electrons. The minimum Gasteiger partial charge on any atom is -0.481 e. The molecule has 0 aliphatic carbocycles. The van der Waals surface area contributed by atoms with Crippen LogP contribution in [0, 0.1) is 5.92 Å². The van der Waals surface area contributed by atoms with Gasteiger partial charge in [-0.1, -0.05) is 24.3 Å². The zero-order valence-electron chi connectivity index (χ0n) is 14.9. The number of nitrogens with one attached hydrogen (secondary N) is 2. The predicted molar refractivity (Wildman–Crippen MR) is 96.9 cm³/mol. The van der Waals surface area contributed by atoms with Gasteiger partial charge in [-0.05, 0) is 31.4 Å². The van der Waals surface area contributed by atoms with E-state index in [1.807, 2.05) is 0 Å². The van der Waals surface area contributed by atoms with Crippen molar-refractivity contribution >= 4 is 22.0 Å². The minimum absolute atomic E-state index is 0.165. The molecule has 1 saturated heterocycles. The highest BCUT2D eigenvalue weighted by molar-refractivity contribution is 7.88. The smallest absolute Gasteiger partial charge is 0.317 e. The lowest BCUT2D eigenvalue weighted by molar-refractivity contribution is -0.141. The van der Waals surface area contributed by atoms with E-state index >= 15 is 0 Å². The van der Waals surface area contributed by atoms with Gasteiger partial charge in [0.25, 0.3) is 0 Å². The van der Waals surface area contributed by atoms with Crippen molar-refractivity contribution in [2.24, 2.45) is 5.92 Å². The Kier molecular flexibility index (Phi) is 6.60. The van der Waals surface area contributed by atoms with Crippen LogP contribution in [0.1, 0.15) is 31.4 Å². The lowest BCUT2D eigenvalue weighted by atomic mass is 10.1. The standard InChI is InChI=1S/C17H25N3O5S/c1-12(2)19-26(24,25)11-15-6-4-3-5-13(15)9-18-17(23)20-8-7-14(10-20)16(21)22/h3-6,12,14,19H,7-11H2,1-2H3,(H,18,23)(H,21,22). The van der Waals surface area contributed by atoms with E-state index in [0.29, 0.717) is 24.1 Å². The Labute approximate surface area is 153 Å². The second-order valence-electron chi connectivity index (χ2n) is 6.73. The molecule has 26 heavy (non-hydrogen) atoms. The topological polar surface area (TPSA) is 116 Å². The summed E-state index contributed by atoms with van der Waals surface area (Å²) in [5.41, 5.74) is 1.33. The average molecular weight is 383 g/mol. The third-order valence-electron chi connectivity index (χ3n) is 4.13. The Balaban J connectivity index is 1.98. The van der Waals surface area contributed by atoms with Crippen molar-refractivity contribution in [2.45, 2.75) is 38.6 Å². The summed E-state index contributed by atoms with van der Waals surface area (Å²) < 4.78 is 26.8. The molecule has 2 amide bonds. The summed E-state index contributed by atoms with van der Waals surface area (Å²) in [6.07, 6.45) is 0.443. The number of rotatable bonds is 7. The number of urea groups is 1. The first-order chi connectivity index (χ1) is 12.2. The molecule has 1 unspecified atom stereocenters. The fraction of sp³-hybridized carbons (Fsp3) is 0.529. The maximum atomic E-state index is 12.2. The van der Waals surface area contributed by atoms with Crippen molar-refractivity contribution < 1.29 is 23.1 Å². The number of aliphatic carboxylic acids is 1. The van der Waals surface area contributed by atoms with Crippen LogP contribution in [0.15, 0.2) is 24.3 Å². The van der Waals surface area contributed by atoms with Crippen molar-refractivity contribution in [3.8, 4) is 0 Å². The summed E-state index contributed by atoms with van der Waals surface area (Å²) in [5.74, 6) is -1.59. The van der Waals surface area contributed by atoms with Gasteiger partial charge >= 0.3 is 12.0 Å². The molecule has 2 rings (SSSR count). The Morgan fingerprint density at radius 3 is 2.50 bits per heavy atom. The maximum Gasteiger partial charge on any atom is 0.317 e. The van der Waals surface area contributed by atoms with E-state index in [2.05, 4.69) is 10.0 Å². The number of carboxylic acids is 1. The van der Waals surface area contributed by atoms with Crippen molar-refractivity contribution in [3.05, 3.63) is 35.4 Å². The molecule has 0 bridgehead atoms. The van der Waals surface area contributed by atoms with E-state index in [-0.39, 0.29) is 30.9 Å². The second-order valence-corrected chi connectivity index (χ2v) is 8.48. The molecule has 1 heterocycles. The Morgan fingerprint density at radius 2 is 1.92 bits per heavy atom. The van der Waals surface area contributed by atoms with Crippen LogP contribution < -0.4 is 10.0 Å². The van der Waals surface area contributed by atoms with Crippen LogP contribution in [0.2, 0.25) is 0 Å². The van der Waals surface area contributed by atoms with Gasteiger partial charge in [0.1, 0.15) is 0 Å². The molecule has 9 heteroatoms. The van der Waals surface area contributed by atoms with Crippen molar-refractivity contribution in [3.63, 3.8) is 0 Å². The number of hydrogen-bond donors (Lipinski definition) is 3. The summed E-state index contributed by atoms with van der Waals surface area (Å²) in [6, 6.07) is 6.49. The SMILES string of the molecule is CC(C)NS(=O)(=O)Cc1ccccc1CNC(=O)N1CCC(C(=O)O)C1. The van der Waals surface area contributed by atoms with Crippen LogP contribution in [0.3, 0.4) is 0 Å². The molecule has 3 N–H and O–H groups in total. The molecular formula is C17H25N3O5S. The Hall–Kier alpha value is -2.13. The number of nitrogens with zero attached hydrogens (tertiary/aromatic N) is 1. The van der Waals surface area contributed by atoms with Crippen molar-refractivity contribution in [2.75, 3.05) is 13.1 Å². The molecule has 1 atom stereocenters. The molecule has 1 fully saturated rings. The van der Waals surface area contributed by atoms with Crippen molar-refractivity contribution in [1.29, 1.82) is 0 Å². The molecule has 1 aliphatic heterocycles. The minimum atomic E-state index is -3.47. The van der Waals surface area contributed by atoms with Crippen LogP contribution in [0.4, 0.5) is 4.79 Å². The molecule has 0 aromatic heterocycles. The lowest BCUT2D eigenvalue weighted by Crippen LogP contribution is -2.38. The third kappa shape index (κ3) is 5.70. The normalized spacial score (nSPS) is 17.5. The number of hydrogen-bond acceptors (Lipinski definition) is 4. The van der Waals surface area contributed by atoms with Crippen LogP contribution in [-0.2, 0) is 27.1 Å². The van der Waals surface area contributed by atoms with Gasteiger partial charge in [-0.25, -0.2) is 17.9 Å². The van der Waals surface area contributed by atoms with Crippen molar-refractivity contribution in [1.82, 2.24) is 14.9 Å². The van der Waals surface area contributed by atoms with Crippen LogP contribution in [0.5, 0.6) is 0 Å². The van der Waals surface area contributed by atoms with Crippen LogP contribution >= 0.6 is 0 Å². The van der Waals surface area contributed by atoms with E-state index in [4.69, 9.17) is 5.11 Å². The number of carbonyl (C=O) groups excluding carboxylic acids is 1. The first kappa shape index (κ1) is 20.2. The highest BCUT2D eigenvalue weighted by Gasteiger charge is 2.30. The lowest BCUT2D eigenvalue weighted by Gasteiger charge is -2.18. The molecule has 8 nitrogen and oxygen atoms in total. The van der Waals surface area contributed by atoms with E-state index in [0.717, 1.165) is 0 Å². The summed E-state index contributed by atoms with van der Waals surface area (Å²) in [5, 5.41) is 11.8. The number of likely N-dealkylation sites (tertiary alicyclic amines) is 1. The van der Waals surface area contributed by atoms with E-state index < -0.39 is 21.9 Å².